The minimum atomic E-state index is -0.441. The molecule has 6 heteroatoms. The van der Waals surface area contributed by atoms with Gasteiger partial charge in [0, 0.05) is 11.6 Å². The molecule has 0 radical (unpaired) electrons. The number of hydrogen-bond acceptors (Lipinski definition) is 4. The summed E-state index contributed by atoms with van der Waals surface area (Å²) >= 11 is 3.95. The summed E-state index contributed by atoms with van der Waals surface area (Å²) in [5, 5.41) is 17.8. The molecule has 0 spiro atoms. The van der Waals surface area contributed by atoms with Crippen LogP contribution in [0.5, 0.6) is 0 Å². The van der Waals surface area contributed by atoms with Crippen molar-refractivity contribution in [3.63, 3.8) is 0 Å². The number of hydrogen-bond donors (Lipinski definition) is 2. The van der Waals surface area contributed by atoms with Gasteiger partial charge in [0.15, 0.2) is 0 Å². The van der Waals surface area contributed by atoms with Gasteiger partial charge in [-0.25, -0.2) is 0 Å². The largest absolute Gasteiger partial charge is 0.281 e. The van der Waals surface area contributed by atoms with Gasteiger partial charge < -0.3 is 0 Å². The Hall–Kier alpha value is -2.00. The molecule has 16 heavy (non-hydrogen) atoms. The van der Waals surface area contributed by atoms with Crippen molar-refractivity contribution in [2.75, 3.05) is 5.75 Å². The van der Waals surface area contributed by atoms with E-state index in [-0.39, 0.29) is 5.69 Å². The maximum Gasteiger partial charge on any atom is 0.281 e. The van der Waals surface area contributed by atoms with Crippen molar-refractivity contribution in [2.24, 2.45) is 0 Å². The highest BCUT2D eigenvalue weighted by Gasteiger charge is 2.14. The molecule has 2 rings (SSSR count). The number of nitrogens with zero attached hydrogens (tertiary/aromatic N) is 2. The van der Waals surface area contributed by atoms with E-state index in [1.807, 2.05) is 0 Å². The topological polar surface area (TPSA) is 71.8 Å². The molecule has 0 aliphatic heterocycles. The number of H-pyrrole nitrogens is 1. The molecule has 5 nitrogen and oxygen atoms in total. The van der Waals surface area contributed by atoms with Gasteiger partial charge in [-0.2, -0.15) is 17.7 Å². The van der Waals surface area contributed by atoms with E-state index in [1.54, 1.807) is 6.07 Å². The highest BCUT2D eigenvalue weighted by molar-refractivity contribution is 7.80. The Morgan fingerprint density at radius 1 is 1.56 bits per heavy atom. The van der Waals surface area contributed by atoms with Gasteiger partial charge in [0.05, 0.1) is 27.8 Å². The molecule has 1 aromatic carbocycles. The zero-order valence-corrected chi connectivity index (χ0v) is 8.99. The summed E-state index contributed by atoms with van der Waals surface area (Å²) in [6.45, 7) is 0. The zero-order valence-electron chi connectivity index (χ0n) is 8.10. The first kappa shape index (κ1) is 10.5. The maximum absolute atomic E-state index is 10.8. The number of rotatable bonds is 1. The fourth-order valence-electron chi connectivity index (χ4n) is 1.40. The Morgan fingerprint density at radius 3 is 3.06 bits per heavy atom. The lowest BCUT2D eigenvalue weighted by molar-refractivity contribution is -0.383. The first-order valence-electron chi connectivity index (χ1n) is 4.43. The lowest BCUT2D eigenvalue weighted by atomic mass is 10.1. The number of nitrogens with one attached hydrogen (secondary N) is 1. The Kier molecular flexibility index (Phi) is 2.79. The average Bonchev–Trinajstić information content (AvgIpc) is 2.72. The summed E-state index contributed by atoms with van der Waals surface area (Å²) in [7, 11) is 0. The first-order valence-corrected chi connectivity index (χ1v) is 5.07. The Balaban J connectivity index is 2.66. The Morgan fingerprint density at radius 2 is 2.38 bits per heavy atom. The molecule has 0 aliphatic rings. The summed E-state index contributed by atoms with van der Waals surface area (Å²) in [4.78, 5) is 10.4. The van der Waals surface area contributed by atoms with Crippen molar-refractivity contribution in [3.05, 3.63) is 34.0 Å². The molecule has 0 aliphatic carbocycles. The summed E-state index contributed by atoms with van der Waals surface area (Å²) < 4.78 is 0. The zero-order chi connectivity index (χ0) is 11.5. The number of fused-ring (bicyclic) bond motifs is 1. The van der Waals surface area contributed by atoms with E-state index in [2.05, 4.69) is 34.7 Å². The van der Waals surface area contributed by atoms with Crippen molar-refractivity contribution in [2.45, 2.75) is 0 Å². The van der Waals surface area contributed by atoms with Crippen LogP contribution in [0.4, 0.5) is 5.69 Å². The first-order chi connectivity index (χ1) is 7.72. The van der Waals surface area contributed by atoms with Crippen molar-refractivity contribution in [1.82, 2.24) is 10.2 Å². The van der Waals surface area contributed by atoms with Gasteiger partial charge in [0.25, 0.3) is 5.69 Å². The summed E-state index contributed by atoms with van der Waals surface area (Å²) in [6.07, 6.45) is 1.43. The van der Waals surface area contributed by atoms with Gasteiger partial charge in [-0.15, -0.1) is 0 Å². The Bertz CT molecular complexity index is 609. The van der Waals surface area contributed by atoms with Crippen LogP contribution in [0, 0.1) is 22.0 Å². The molecule has 0 fully saturated rings. The molecule has 0 bridgehead atoms. The van der Waals surface area contributed by atoms with Crippen LogP contribution in [0.1, 0.15) is 5.56 Å². The molecule has 0 saturated heterocycles. The second kappa shape index (κ2) is 4.24. The van der Waals surface area contributed by atoms with E-state index in [0.29, 0.717) is 22.2 Å². The molecule has 0 saturated carbocycles. The summed E-state index contributed by atoms with van der Waals surface area (Å²) in [6, 6.07) is 3.17. The number of aromatic nitrogens is 2. The highest BCUT2D eigenvalue weighted by Crippen LogP contribution is 2.25. The second-order valence-electron chi connectivity index (χ2n) is 3.04. The third-order valence-electron chi connectivity index (χ3n) is 2.05. The van der Waals surface area contributed by atoms with E-state index in [9.17, 15) is 10.1 Å². The van der Waals surface area contributed by atoms with Gasteiger partial charge in [0.1, 0.15) is 0 Å². The minimum Gasteiger partial charge on any atom is -0.278 e. The monoisotopic (exact) mass is 233 g/mol. The second-order valence-corrected chi connectivity index (χ2v) is 3.36. The lowest BCUT2D eigenvalue weighted by Gasteiger charge is -1.95. The molecule has 0 atom stereocenters. The minimum absolute atomic E-state index is 0.00899. The quantitative estimate of drug-likeness (QED) is 0.341. The van der Waals surface area contributed by atoms with Gasteiger partial charge in [-0.1, -0.05) is 11.8 Å². The normalized spacial score (nSPS) is 9.81. The smallest absolute Gasteiger partial charge is 0.278 e. The number of benzene rings is 1. The fourth-order valence-corrected chi connectivity index (χ4v) is 1.48. The predicted molar refractivity (Wildman–Crippen MR) is 63.5 cm³/mol. The average molecular weight is 233 g/mol. The summed E-state index contributed by atoms with van der Waals surface area (Å²) in [5.41, 5.74) is 1.20. The van der Waals surface area contributed by atoms with E-state index < -0.39 is 4.92 Å². The summed E-state index contributed by atoms with van der Waals surface area (Å²) in [5.74, 6) is 5.95. The van der Waals surface area contributed by atoms with Crippen molar-refractivity contribution >= 4 is 29.2 Å². The van der Waals surface area contributed by atoms with E-state index in [4.69, 9.17) is 0 Å². The van der Waals surface area contributed by atoms with Crippen LogP contribution in [0.3, 0.4) is 0 Å². The molecular weight excluding hydrogens is 226 g/mol. The van der Waals surface area contributed by atoms with Crippen LogP contribution in [-0.2, 0) is 0 Å². The molecular formula is C10H7N3O2S. The van der Waals surface area contributed by atoms with E-state index >= 15 is 0 Å². The van der Waals surface area contributed by atoms with Crippen LogP contribution >= 0.6 is 12.6 Å². The SMILES string of the molecule is O=[N+]([O-])c1cc(C#CCS)cc2[nH]ncc12. The molecule has 1 heterocycles. The number of nitro groups is 1. The van der Waals surface area contributed by atoms with Gasteiger partial charge in [-0.3, -0.25) is 15.2 Å². The molecule has 1 aromatic heterocycles. The third-order valence-corrected chi connectivity index (χ3v) is 2.20. The molecule has 2 aromatic rings. The van der Waals surface area contributed by atoms with E-state index in [1.165, 1.54) is 12.3 Å². The number of nitro benzene ring substituents is 1. The van der Waals surface area contributed by atoms with Crippen molar-refractivity contribution in [1.29, 1.82) is 0 Å². The van der Waals surface area contributed by atoms with Gasteiger partial charge >= 0.3 is 0 Å². The molecule has 0 amide bonds. The number of thiol groups is 1. The van der Waals surface area contributed by atoms with Crippen molar-refractivity contribution < 1.29 is 4.92 Å². The number of aromatic amines is 1. The van der Waals surface area contributed by atoms with Crippen molar-refractivity contribution in [3.8, 4) is 11.8 Å². The Labute approximate surface area is 96.4 Å². The highest BCUT2D eigenvalue weighted by atomic mass is 32.1. The van der Waals surface area contributed by atoms with Crippen LogP contribution in [-0.4, -0.2) is 20.9 Å². The van der Waals surface area contributed by atoms with Crippen LogP contribution in [0.15, 0.2) is 18.3 Å². The van der Waals surface area contributed by atoms with Crippen LogP contribution < -0.4 is 0 Å². The molecule has 1 N–H and O–H groups in total. The van der Waals surface area contributed by atoms with Gasteiger partial charge in [0.2, 0.25) is 0 Å². The third kappa shape index (κ3) is 1.85. The van der Waals surface area contributed by atoms with E-state index in [0.717, 1.165) is 0 Å². The van der Waals surface area contributed by atoms with Crippen LogP contribution in [0.25, 0.3) is 10.9 Å². The van der Waals surface area contributed by atoms with Gasteiger partial charge in [-0.05, 0) is 6.07 Å². The molecule has 80 valence electrons. The standard InChI is InChI=1S/C10H7N3O2S/c14-13(15)10-5-7(2-1-3-16)4-9-8(10)6-11-12-9/h4-6,16H,3H2,(H,11,12). The van der Waals surface area contributed by atoms with Crippen LogP contribution in [0.2, 0.25) is 0 Å². The lowest BCUT2D eigenvalue weighted by Crippen LogP contribution is -1.90. The predicted octanol–water partition coefficient (Wildman–Crippen LogP) is 1.75. The molecule has 0 unspecified atom stereocenters. The number of non-ortho nitro benzene ring substituents is 1. The fraction of sp³-hybridized carbons (Fsp3) is 0.100. The maximum atomic E-state index is 10.8.